The zero-order valence-corrected chi connectivity index (χ0v) is 26.2. The van der Waals surface area contributed by atoms with E-state index in [-0.39, 0.29) is 5.82 Å². The second kappa shape index (κ2) is 11.6. The van der Waals surface area contributed by atoms with E-state index in [4.69, 9.17) is 18.0 Å². The summed E-state index contributed by atoms with van der Waals surface area (Å²) in [4.78, 5) is 21.6. The Bertz CT molecular complexity index is 1680. The minimum Gasteiger partial charge on any atom is -0.408 e. The highest BCUT2D eigenvalue weighted by Gasteiger charge is 2.37. The molecule has 11 nitrogen and oxygen atoms in total. The Morgan fingerprint density at radius 2 is 1.55 bits per heavy atom. The summed E-state index contributed by atoms with van der Waals surface area (Å²) >= 11 is 0. The van der Waals surface area contributed by atoms with Gasteiger partial charge in [-0.2, -0.15) is 4.98 Å². The molecule has 2 aromatic carbocycles. The number of nitrogens with zero attached hydrogens (tertiary/aromatic N) is 3. The van der Waals surface area contributed by atoms with Crippen molar-refractivity contribution in [1.29, 1.82) is 0 Å². The van der Waals surface area contributed by atoms with Crippen LogP contribution in [-0.2, 0) is 24.9 Å². The van der Waals surface area contributed by atoms with Crippen LogP contribution in [0.3, 0.4) is 0 Å². The number of phosphoric acid groups is 1. The number of oxazole rings is 1. The third-order valence-corrected chi connectivity index (χ3v) is 7.69. The van der Waals surface area contributed by atoms with Crippen molar-refractivity contribution >= 4 is 42.1 Å². The van der Waals surface area contributed by atoms with E-state index in [2.05, 4.69) is 20.6 Å². The van der Waals surface area contributed by atoms with Crippen molar-refractivity contribution in [1.82, 2.24) is 14.5 Å². The summed E-state index contributed by atoms with van der Waals surface area (Å²) in [6.07, 6.45) is 1.66. The summed E-state index contributed by atoms with van der Waals surface area (Å²) in [5.41, 5.74) is 2.07. The van der Waals surface area contributed by atoms with Crippen LogP contribution in [0.1, 0.15) is 58.2 Å². The molecule has 0 bridgehead atoms. The third kappa shape index (κ3) is 7.83. The van der Waals surface area contributed by atoms with E-state index < -0.39 is 31.5 Å². The summed E-state index contributed by atoms with van der Waals surface area (Å²) < 4.78 is 51.1. The maximum atomic E-state index is 14.1. The lowest BCUT2D eigenvalue weighted by atomic mass is 10.1. The predicted molar refractivity (Wildman–Crippen MR) is 160 cm³/mol. The van der Waals surface area contributed by atoms with E-state index in [1.807, 2.05) is 6.92 Å². The summed E-state index contributed by atoms with van der Waals surface area (Å²) in [6, 6.07) is 8.42. The van der Waals surface area contributed by atoms with Gasteiger partial charge in [-0.15, -0.1) is 0 Å². The average molecular weight is 602 g/mol. The fourth-order valence-electron chi connectivity index (χ4n) is 4.05. The van der Waals surface area contributed by atoms with Crippen molar-refractivity contribution in [3.8, 4) is 0 Å². The zero-order valence-electron chi connectivity index (χ0n) is 25.3. The van der Waals surface area contributed by atoms with Crippen LogP contribution >= 0.6 is 7.82 Å². The van der Waals surface area contributed by atoms with Crippen LogP contribution in [0.2, 0.25) is 0 Å². The summed E-state index contributed by atoms with van der Waals surface area (Å²) in [5, 5.41) is 6.36. The molecule has 0 amide bonds. The van der Waals surface area contributed by atoms with Crippen LogP contribution in [-0.4, -0.2) is 25.7 Å². The molecule has 0 aliphatic rings. The van der Waals surface area contributed by atoms with Gasteiger partial charge in [0.05, 0.1) is 16.7 Å². The van der Waals surface area contributed by atoms with Crippen molar-refractivity contribution < 1.29 is 26.9 Å². The molecule has 2 heterocycles. The SMILES string of the molecule is Cc1cnc(Nc2cc(C)c(F)c(C)c2)nc1Nc1ccc2oc(=O)n(COP(=O)(OC(C)(C)C)OC(C)(C)C)c2c1. The van der Waals surface area contributed by atoms with Gasteiger partial charge in [-0.25, -0.2) is 23.3 Å². The smallest absolute Gasteiger partial charge is 0.408 e. The molecule has 0 atom stereocenters. The second-order valence-electron chi connectivity index (χ2n) is 12.0. The number of hydrogen-bond acceptors (Lipinski definition) is 10. The average Bonchev–Trinajstić information content (AvgIpc) is 3.15. The Kier molecular flexibility index (Phi) is 8.67. The van der Waals surface area contributed by atoms with Gasteiger partial charge in [-0.3, -0.25) is 13.6 Å². The standard InChI is InChI=1S/C29H37FN5O6P/c1-17-12-21(13-18(2)24(17)30)33-26-31-15-19(3)25(34-26)32-20-10-11-23-22(14-20)35(27(36)39-23)16-38-42(37,40-28(4,5)6)41-29(7,8)9/h10-15H,16H2,1-9H3,(H2,31,32,33,34). The number of halogens is 1. The van der Waals surface area contributed by atoms with Crippen molar-refractivity contribution in [3.63, 3.8) is 0 Å². The first kappa shape index (κ1) is 31.4. The molecule has 0 spiro atoms. The van der Waals surface area contributed by atoms with E-state index in [9.17, 15) is 13.8 Å². The fourth-order valence-corrected chi connectivity index (χ4v) is 5.79. The number of fused-ring (bicyclic) bond motifs is 1. The molecule has 0 saturated carbocycles. The summed E-state index contributed by atoms with van der Waals surface area (Å²) in [5.74, 6) is -0.123. The molecule has 0 fully saturated rings. The van der Waals surface area contributed by atoms with Crippen LogP contribution in [0.25, 0.3) is 11.1 Å². The molecule has 13 heteroatoms. The number of benzene rings is 2. The van der Waals surface area contributed by atoms with Gasteiger partial charge in [0.25, 0.3) is 0 Å². The number of hydrogen-bond donors (Lipinski definition) is 2. The van der Waals surface area contributed by atoms with Gasteiger partial charge in [0.15, 0.2) is 5.58 Å². The second-order valence-corrected chi connectivity index (χ2v) is 13.5. The summed E-state index contributed by atoms with van der Waals surface area (Å²) in [6.45, 7) is 15.2. The lowest BCUT2D eigenvalue weighted by Gasteiger charge is -2.30. The van der Waals surface area contributed by atoms with Gasteiger partial charge in [0.1, 0.15) is 18.4 Å². The molecule has 226 valence electrons. The molecule has 42 heavy (non-hydrogen) atoms. The maximum Gasteiger partial charge on any atom is 0.477 e. The van der Waals surface area contributed by atoms with Gasteiger partial charge in [-0.1, -0.05) is 0 Å². The van der Waals surface area contributed by atoms with Gasteiger partial charge < -0.3 is 15.1 Å². The zero-order chi connectivity index (χ0) is 31.0. The number of phosphoric ester groups is 1. The molecule has 0 aliphatic heterocycles. The Morgan fingerprint density at radius 1 is 0.929 bits per heavy atom. The number of aryl methyl sites for hydroxylation is 3. The largest absolute Gasteiger partial charge is 0.477 e. The molecule has 0 radical (unpaired) electrons. The minimum atomic E-state index is -4.08. The van der Waals surface area contributed by atoms with Crippen LogP contribution in [0.5, 0.6) is 0 Å². The minimum absolute atomic E-state index is 0.252. The van der Waals surface area contributed by atoms with E-state index in [1.54, 1.807) is 91.9 Å². The lowest BCUT2D eigenvalue weighted by molar-refractivity contribution is -0.00631. The van der Waals surface area contributed by atoms with Crippen molar-refractivity contribution in [2.24, 2.45) is 0 Å². The van der Waals surface area contributed by atoms with Crippen LogP contribution in [0, 0.1) is 26.6 Å². The monoisotopic (exact) mass is 601 g/mol. The molecule has 0 saturated heterocycles. The predicted octanol–water partition coefficient (Wildman–Crippen LogP) is 7.65. The van der Waals surface area contributed by atoms with Crippen molar-refractivity contribution in [2.75, 3.05) is 10.6 Å². The first-order valence-corrected chi connectivity index (χ1v) is 14.8. The molecule has 0 aliphatic carbocycles. The van der Waals surface area contributed by atoms with Crippen LogP contribution in [0.4, 0.5) is 27.5 Å². The molecular weight excluding hydrogens is 564 g/mol. The highest BCUT2D eigenvalue weighted by Crippen LogP contribution is 2.55. The van der Waals surface area contributed by atoms with E-state index >= 15 is 0 Å². The van der Waals surface area contributed by atoms with E-state index in [1.165, 1.54) is 4.57 Å². The van der Waals surface area contributed by atoms with E-state index in [0.29, 0.717) is 45.4 Å². The number of anilines is 4. The molecule has 4 rings (SSSR count). The topological polar surface area (TPSA) is 130 Å². The first-order valence-electron chi connectivity index (χ1n) is 13.4. The Balaban J connectivity index is 1.59. The Labute approximate surface area is 244 Å². The van der Waals surface area contributed by atoms with Gasteiger partial charge in [-0.05, 0) is 104 Å². The first-order chi connectivity index (χ1) is 19.4. The van der Waals surface area contributed by atoms with Gasteiger partial charge >= 0.3 is 13.6 Å². The highest BCUT2D eigenvalue weighted by atomic mass is 31.2. The number of aromatic nitrogens is 3. The quantitative estimate of drug-likeness (QED) is 0.185. The molecular formula is C29H37FN5O6P. The van der Waals surface area contributed by atoms with Crippen molar-refractivity contribution in [3.05, 3.63) is 69.6 Å². The normalized spacial score (nSPS) is 12.6. The molecule has 2 N–H and O–H groups in total. The maximum absolute atomic E-state index is 14.1. The Hall–Kier alpha value is -3.57. The van der Waals surface area contributed by atoms with Crippen LogP contribution < -0.4 is 16.4 Å². The fraction of sp³-hybridized carbons (Fsp3) is 0.414. The number of rotatable bonds is 9. The molecule has 4 aromatic rings. The molecule has 2 aromatic heterocycles. The molecule has 0 unspecified atom stereocenters. The number of nitrogens with one attached hydrogen (secondary N) is 2. The Morgan fingerprint density at radius 3 is 2.14 bits per heavy atom. The van der Waals surface area contributed by atoms with Gasteiger partial charge in [0, 0.05) is 23.1 Å². The van der Waals surface area contributed by atoms with Gasteiger partial charge in [0.2, 0.25) is 5.95 Å². The lowest BCUT2D eigenvalue weighted by Crippen LogP contribution is -2.26. The van der Waals surface area contributed by atoms with E-state index in [0.717, 1.165) is 5.56 Å². The third-order valence-electron chi connectivity index (χ3n) is 5.71. The summed E-state index contributed by atoms with van der Waals surface area (Å²) in [7, 11) is -4.08. The van der Waals surface area contributed by atoms with Crippen molar-refractivity contribution in [2.45, 2.75) is 80.2 Å². The highest BCUT2D eigenvalue weighted by molar-refractivity contribution is 7.48. The van der Waals surface area contributed by atoms with Crippen LogP contribution in [0.15, 0.2) is 45.7 Å².